The van der Waals surface area contributed by atoms with E-state index in [-0.39, 0.29) is 5.95 Å². The quantitative estimate of drug-likeness (QED) is 0.640. The molecule has 0 aliphatic carbocycles. The molecule has 0 bridgehead atoms. The molecule has 7 heteroatoms. The van der Waals surface area contributed by atoms with Gasteiger partial charge in [-0.05, 0) is 36.4 Å². The molecule has 0 radical (unpaired) electrons. The van der Waals surface area contributed by atoms with E-state index in [0.717, 1.165) is 21.2 Å². The Hall–Kier alpha value is -2.28. The third-order valence-electron chi connectivity index (χ3n) is 2.79. The summed E-state index contributed by atoms with van der Waals surface area (Å²) >= 11 is 1.43. The zero-order valence-corrected chi connectivity index (χ0v) is 12.0. The fourth-order valence-corrected chi connectivity index (χ4v) is 2.68. The predicted molar refractivity (Wildman–Crippen MR) is 80.9 cm³/mol. The molecule has 0 aliphatic rings. The minimum absolute atomic E-state index is 0.242. The number of nitrogens with one attached hydrogen (secondary N) is 2. The first-order valence-electron chi connectivity index (χ1n) is 6.10. The Balaban J connectivity index is 1.94. The molecule has 0 atom stereocenters. The third kappa shape index (κ3) is 2.53. The van der Waals surface area contributed by atoms with E-state index in [0.29, 0.717) is 5.82 Å². The minimum atomic E-state index is 0.242. The number of aromatic amines is 1. The van der Waals surface area contributed by atoms with Crippen molar-refractivity contribution in [1.82, 2.24) is 19.9 Å². The van der Waals surface area contributed by atoms with Crippen LogP contribution in [0, 0.1) is 6.92 Å². The molecule has 3 rings (SSSR count). The molecule has 2 aromatic heterocycles. The molecule has 4 N–H and O–H groups in total. The highest BCUT2D eigenvalue weighted by molar-refractivity contribution is 7.99. The van der Waals surface area contributed by atoms with E-state index in [1.54, 1.807) is 7.05 Å². The van der Waals surface area contributed by atoms with Gasteiger partial charge in [0.05, 0.1) is 11.0 Å². The smallest absolute Gasteiger partial charge is 0.223 e. The molecule has 0 spiro atoms. The van der Waals surface area contributed by atoms with Crippen LogP contribution in [0.15, 0.2) is 34.4 Å². The molecule has 0 unspecified atom stereocenters. The summed E-state index contributed by atoms with van der Waals surface area (Å²) in [5.41, 5.74) is 8.83. The van der Waals surface area contributed by atoms with Crippen molar-refractivity contribution >= 4 is 34.6 Å². The van der Waals surface area contributed by atoms with E-state index < -0.39 is 0 Å². The lowest BCUT2D eigenvalue weighted by molar-refractivity contribution is 1.03. The van der Waals surface area contributed by atoms with Gasteiger partial charge in [-0.1, -0.05) is 6.07 Å². The Morgan fingerprint density at radius 3 is 2.85 bits per heavy atom. The summed E-state index contributed by atoms with van der Waals surface area (Å²) in [6, 6.07) is 7.94. The van der Waals surface area contributed by atoms with E-state index in [1.807, 2.05) is 18.2 Å². The minimum Gasteiger partial charge on any atom is -0.373 e. The molecule has 0 saturated carbocycles. The lowest BCUT2D eigenvalue weighted by Crippen LogP contribution is -2.00. The standard InChI is InChI=1S/C13H14N6S/c1-7-3-4-8-9(5-7)17-13(16-8)20-11-6-10(15-2)18-12(14)19-11/h3-6H,1-2H3,(H,16,17)(H3,14,15,18,19). The molecule has 0 saturated heterocycles. The fraction of sp³-hybridized carbons (Fsp3) is 0.154. The van der Waals surface area contributed by atoms with Gasteiger partial charge in [-0.2, -0.15) is 4.98 Å². The number of H-pyrrole nitrogens is 1. The van der Waals surface area contributed by atoms with Crippen LogP contribution in [-0.4, -0.2) is 27.0 Å². The summed E-state index contributed by atoms with van der Waals surface area (Å²) in [4.78, 5) is 16.0. The molecule has 3 aromatic rings. The summed E-state index contributed by atoms with van der Waals surface area (Å²) in [6.07, 6.45) is 0. The average Bonchev–Trinajstić information content (AvgIpc) is 2.79. The number of fused-ring (bicyclic) bond motifs is 1. The number of imidazole rings is 1. The van der Waals surface area contributed by atoms with Crippen LogP contribution in [0.4, 0.5) is 11.8 Å². The summed E-state index contributed by atoms with van der Waals surface area (Å²) in [6.45, 7) is 2.05. The van der Waals surface area contributed by atoms with Gasteiger partial charge in [-0.15, -0.1) is 0 Å². The van der Waals surface area contributed by atoms with Crippen LogP contribution in [-0.2, 0) is 0 Å². The average molecular weight is 286 g/mol. The maximum Gasteiger partial charge on any atom is 0.223 e. The van der Waals surface area contributed by atoms with Crippen molar-refractivity contribution in [2.24, 2.45) is 0 Å². The van der Waals surface area contributed by atoms with E-state index in [1.165, 1.54) is 17.3 Å². The van der Waals surface area contributed by atoms with Gasteiger partial charge in [0, 0.05) is 13.1 Å². The van der Waals surface area contributed by atoms with Crippen molar-refractivity contribution in [2.75, 3.05) is 18.1 Å². The van der Waals surface area contributed by atoms with Gasteiger partial charge in [0.1, 0.15) is 10.8 Å². The summed E-state index contributed by atoms with van der Waals surface area (Å²) < 4.78 is 0. The number of nitrogen functional groups attached to an aromatic ring is 1. The Morgan fingerprint density at radius 2 is 2.05 bits per heavy atom. The van der Waals surface area contributed by atoms with Crippen LogP contribution in [0.2, 0.25) is 0 Å². The lowest BCUT2D eigenvalue weighted by atomic mass is 10.2. The second-order valence-corrected chi connectivity index (χ2v) is 5.37. The molecule has 0 fully saturated rings. The van der Waals surface area contributed by atoms with Gasteiger partial charge in [-0.25, -0.2) is 9.97 Å². The first-order valence-corrected chi connectivity index (χ1v) is 6.92. The molecule has 102 valence electrons. The van der Waals surface area contributed by atoms with E-state index >= 15 is 0 Å². The summed E-state index contributed by atoms with van der Waals surface area (Å²) in [5, 5.41) is 4.48. The monoisotopic (exact) mass is 286 g/mol. The van der Waals surface area contributed by atoms with Gasteiger partial charge >= 0.3 is 0 Å². The molecule has 2 heterocycles. The summed E-state index contributed by atoms with van der Waals surface area (Å²) in [7, 11) is 1.79. The van der Waals surface area contributed by atoms with Gasteiger partial charge in [0.15, 0.2) is 5.16 Å². The molecule has 0 aliphatic heterocycles. The Bertz CT molecular complexity index is 767. The predicted octanol–water partition coefficient (Wildman–Crippen LogP) is 2.44. The zero-order valence-electron chi connectivity index (χ0n) is 11.1. The Labute approximate surface area is 120 Å². The van der Waals surface area contributed by atoms with Gasteiger partial charge in [-0.3, -0.25) is 0 Å². The van der Waals surface area contributed by atoms with Gasteiger partial charge in [0.2, 0.25) is 5.95 Å². The number of hydrogen-bond donors (Lipinski definition) is 3. The van der Waals surface area contributed by atoms with Gasteiger partial charge in [0.25, 0.3) is 0 Å². The molecule has 6 nitrogen and oxygen atoms in total. The zero-order chi connectivity index (χ0) is 14.1. The maximum absolute atomic E-state index is 5.68. The number of anilines is 2. The van der Waals surface area contributed by atoms with Crippen molar-refractivity contribution in [2.45, 2.75) is 17.1 Å². The molecule has 20 heavy (non-hydrogen) atoms. The second-order valence-electron chi connectivity index (χ2n) is 4.36. The molecular weight excluding hydrogens is 272 g/mol. The molecule has 1 aromatic carbocycles. The van der Waals surface area contributed by atoms with Crippen molar-refractivity contribution in [3.05, 3.63) is 29.8 Å². The number of rotatable bonds is 3. The van der Waals surface area contributed by atoms with Crippen molar-refractivity contribution in [1.29, 1.82) is 0 Å². The van der Waals surface area contributed by atoms with E-state index in [2.05, 4.69) is 38.2 Å². The largest absolute Gasteiger partial charge is 0.373 e. The van der Waals surface area contributed by atoms with E-state index in [9.17, 15) is 0 Å². The number of aromatic nitrogens is 4. The number of nitrogens with two attached hydrogens (primary N) is 1. The van der Waals surface area contributed by atoms with Crippen LogP contribution in [0.3, 0.4) is 0 Å². The molecular formula is C13H14N6S. The number of benzene rings is 1. The van der Waals surface area contributed by atoms with Crippen LogP contribution < -0.4 is 11.1 Å². The first-order chi connectivity index (χ1) is 9.64. The Morgan fingerprint density at radius 1 is 1.20 bits per heavy atom. The topological polar surface area (TPSA) is 92.5 Å². The highest BCUT2D eigenvalue weighted by Crippen LogP contribution is 2.27. The first kappa shape index (κ1) is 12.7. The third-order valence-corrected chi connectivity index (χ3v) is 3.60. The fourth-order valence-electron chi connectivity index (χ4n) is 1.87. The Kier molecular flexibility index (Phi) is 3.19. The van der Waals surface area contributed by atoms with Crippen LogP contribution in [0.25, 0.3) is 11.0 Å². The van der Waals surface area contributed by atoms with Crippen molar-refractivity contribution < 1.29 is 0 Å². The highest BCUT2D eigenvalue weighted by Gasteiger charge is 2.08. The number of hydrogen-bond acceptors (Lipinski definition) is 6. The van der Waals surface area contributed by atoms with Crippen LogP contribution in [0.5, 0.6) is 0 Å². The van der Waals surface area contributed by atoms with E-state index in [4.69, 9.17) is 5.73 Å². The SMILES string of the molecule is CNc1cc(Sc2nc3ccc(C)cc3[nH]2)nc(N)n1. The normalized spacial score (nSPS) is 10.9. The lowest BCUT2D eigenvalue weighted by Gasteiger charge is -2.03. The van der Waals surface area contributed by atoms with Crippen LogP contribution >= 0.6 is 11.8 Å². The number of nitrogens with zero attached hydrogens (tertiary/aromatic N) is 3. The second kappa shape index (κ2) is 5.01. The highest BCUT2D eigenvalue weighted by atomic mass is 32.2. The van der Waals surface area contributed by atoms with Crippen molar-refractivity contribution in [3.63, 3.8) is 0 Å². The number of aryl methyl sites for hydroxylation is 1. The van der Waals surface area contributed by atoms with Crippen LogP contribution in [0.1, 0.15) is 5.56 Å². The van der Waals surface area contributed by atoms with Crippen molar-refractivity contribution in [3.8, 4) is 0 Å². The molecule has 0 amide bonds. The maximum atomic E-state index is 5.68. The summed E-state index contributed by atoms with van der Waals surface area (Å²) in [5.74, 6) is 0.929. The van der Waals surface area contributed by atoms with Gasteiger partial charge < -0.3 is 16.0 Å².